The van der Waals surface area contributed by atoms with E-state index in [1.165, 1.54) is 6.92 Å². The number of hydrogen-bond donors (Lipinski definition) is 1. The van der Waals surface area contributed by atoms with Crippen molar-refractivity contribution in [1.29, 1.82) is 0 Å². The first-order valence-electron chi connectivity index (χ1n) is 5.27. The third-order valence-electron chi connectivity index (χ3n) is 2.28. The quantitative estimate of drug-likeness (QED) is 0.580. The van der Waals surface area contributed by atoms with Crippen molar-refractivity contribution < 1.29 is 44.3 Å². The molecular formula is C12H15N2NaO3. The Morgan fingerprint density at radius 1 is 1.28 bits per heavy atom. The molecular weight excluding hydrogens is 243 g/mol. The van der Waals surface area contributed by atoms with E-state index in [2.05, 4.69) is 5.32 Å². The van der Waals surface area contributed by atoms with Gasteiger partial charge in [0.1, 0.15) is 0 Å². The summed E-state index contributed by atoms with van der Waals surface area (Å²) in [7, 11) is 1.80. The number of carbonyl (C=O) groups excluding carboxylic acids is 2. The molecule has 92 valence electrons. The second-order valence-electron chi connectivity index (χ2n) is 3.77. The molecule has 0 aliphatic rings. The normalized spacial score (nSPS) is 9.22. The van der Waals surface area contributed by atoms with Gasteiger partial charge in [-0.25, -0.2) is 0 Å². The monoisotopic (exact) mass is 258 g/mol. The van der Waals surface area contributed by atoms with Crippen LogP contribution in [0.4, 0.5) is 11.4 Å². The molecule has 0 fully saturated rings. The first-order chi connectivity index (χ1) is 7.99. The van der Waals surface area contributed by atoms with Gasteiger partial charge in [-0.3, -0.25) is 4.79 Å². The molecule has 5 nitrogen and oxygen atoms in total. The fourth-order valence-electron chi connectivity index (χ4n) is 1.39. The molecule has 0 bridgehead atoms. The van der Waals surface area contributed by atoms with E-state index in [1.54, 1.807) is 19.2 Å². The van der Waals surface area contributed by atoms with Gasteiger partial charge >= 0.3 is 29.6 Å². The van der Waals surface area contributed by atoms with Crippen molar-refractivity contribution in [3.05, 3.63) is 24.3 Å². The summed E-state index contributed by atoms with van der Waals surface area (Å²) in [6.07, 6.45) is -0.00997. The summed E-state index contributed by atoms with van der Waals surface area (Å²) in [5, 5.41) is 13.0. The molecule has 0 saturated carbocycles. The SMILES string of the molecule is CC(=O)Nc1ccc(N(C)CCC(=O)[O-])cc1.[Na+]. The van der Waals surface area contributed by atoms with Gasteiger partial charge < -0.3 is 20.1 Å². The zero-order chi connectivity index (χ0) is 12.8. The molecule has 0 radical (unpaired) electrons. The van der Waals surface area contributed by atoms with Crippen LogP contribution in [0, 0.1) is 0 Å². The second-order valence-corrected chi connectivity index (χ2v) is 3.77. The summed E-state index contributed by atoms with van der Waals surface area (Å²) < 4.78 is 0. The van der Waals surface area contributed by atoms with E-state index in [0.29, 0.717) is 6.54 Å². The van der Waals surface area contributed by atoms with E-state index in [4.69, 9.17) is 0 Å². The van der Waals surface area contributed by atoms with E-state index in [1.807, 2.05) is 17.0 Å². The summed E-state index contributed by atoms with van der Waals surface area (Å²) >= 11 is 0. The molecule has 6 heteroatoms. The average molecular weight is 258 g/mol. The van der Waals surface area contributed by atoms with Crippen molar-refractivity contribution in [2.45, 2.75) is 13.3 Å². The topological polar surface area (TPSA) is 72.5 Å². The number of benzene rings is 1. The Bertz CT molecular complexity index is 406. The van der Waals surface area contributed by atoms with Gasteiger partial charge in [0.15, 0.2) is 0 Å². The molecule has 0 aliphatic carbocycles. The van der Waals surface area contributed by atoms with Crippen molar-refractivity contribution in [3.8, 4) is 0 Å². The molecule has 0 atom stereocenters. The zero-order valence-corrected chi connectivity index (χ0v) is 12.9. The van der Waals surface area contributed by atoms with Crippen LogP contribution in [-0.2, 0) is 9.59 Å². The maximum Gasteiger partial charge on any atom is 1.00 e. The van der Waals surface area contributed by atoms with E-state index in [-0.39, 0.29) is 41.9 Å². The van der Waals surface area contributed by atoms with Gasteiger partial charge in [0.2, 0.25) is 5.91 Å². The minimum absolute atomic E-state index is 0. The number of aliphatic carboxylic acids is 1. The standard InChI is InChI=1S/C12H16N2O3.Na/c1-9(15)13-10-3-5-11(6-4-10)14(2)8-7-12(16)17;/h3-6H,7-8H2,1-2H3,(H,13,15)(H,16,17);/q;+1/p-1. The van der Waals surface area contributed by atoms with Crippen LogP contribution in [0.5, 0.6) is 0 Å². The minimum atomic E-state index is -1.06. The van der Waals surface area contributed by atoms with Crippen LogP contribution < -0.4 is 44.9 Å². The zero-order valence-electron chi connectivity index (χ0n) is 10.9. The number of carboxylic acid groups (broad SMARTS) is 1. The molecule has 1 rings (SSSR count). The Labute approximate surface area is 128 Å². The number of nitrogens with zero attached hydrogens (tertiary/aromatic N) is 1. The number of anilines is 2. The fourth-order valence-corrected chi connectivity index (χ4v) is 1.39. The van der Waals surface area contributed by atoms with Crippen LogP contribution >= 0.6 is 0 Å². The van der Waals surface area contributed by atoms with Crippen LogP contribution in [0.1, 0.15) is 13.3 Å². The van der Waals surface area contributed by atoms with Gasteiger partial charge in [0.25, 0.3) is 0 Å². The van der Waals surface area contributed by atoms with Crippen molar-refractivity contribution in [2.24, 2.45) is 0 Å². The van der Waals surface area contributed by atoms with Crippen LogP contribution in [0.2, 0.25) is 0 Å². The molecule has 0 aromatic heterocycles. The van der Waals surface area contributed by atoms with Crippen LogP contribution in [0.25, 0.3) is 0 Å². The maximum atomic E-state index is 10.8. The number of amides is 1. The third-order valence-corrected chi connectivity index (χ3v) is 2.28. The van der Waals surface area contributed by atoms with Gasteiger partial charge in [-0.1, -0.05) is 0 Å². The Balaban J connectivity index is 0.00000289. The summed E-state index contributed by atoms with van der Waals surface area (Å²) in [6.45, 7) is 1.84. The summed E-state index contributed by atoms with van der Waals surface area (Å²) in [6, 6.07) is 7.18. The maximum absolute atomic E-state index is 10.8. The van der Waals surface area contributed by atoms with E-state index < -0.39 is 5.97 Å². The van der Waals surface area contributed by atoms with Gasteiger partial charge in [-0.15, -0.1) is 0 Å². The second kappa shape index (κ2) is 8.13. The smallest absolute Gasteiger partial charge is 0.550 e. The summed E-state index contributed by atoms with van der Waals surface area (Å²) in [5.74, 6) is -1.19. The van der Waals surface area contributed by atoms with Crippen molar-refractivity contribution >= 4 is 23.3 Å². The van der Waals surface area contributed by atoms with Crippen molar-refractivity contribution in [3.63, 3.8) is 0 Å². The van der Waals surface area contributed by atoms with Crippen LogP contribution in [0.3, 0.4) is 0 Å². The van der Waals surface area contributed by atoms with Crippen molar-refractivity contribution in [1.82, 2.24) is 0 Å². The first-order valence-corrected chi connectivity index (χ1v) is 5.27. The Morgan fingerprint density at radius 2 is 1.83 bits per heavy atom. The van der Waals surface area contributed by atoms with Crippen molar-refractivity contribution in [2.75, 3.05) is 23.8 Å². The Kier molecular flexibility index (Phi) is 7.66. The number of nitrogens with one attached hydrogen (secondary N) is 1. The number of hydrogen-bond acceptors (Lipinski definition) is 4. The minimum Gasteiger partial charge on any atom is -0.550 e. The predicted octanol–water partition coefficient (Wildman–Crippen LogP) is -2.77. The Hall–Kier alpha value is -1.04. The van der Waals surface area contributed by atoms with Gasteiger partial charge in [0, 0.05) is 44.3 Å². The molecule has 0 spiro atoms. The van der Waals surface area contributed by atoms with E-state index in [0.717, 1.165) is 11.4 Å². The fraction of sp³-hybridized carbons (Fsp3) is 0.333. The number of carboxylic acids is 1. The molecule has 0 heterocycles. The molecule has 0 saturated heterocycles. The van der Waals surface area contributed by atoms with Gasteiger partial charge in [-0.2, -0.15) is 0 Å². The predicted molar refractivity (Wildman–Crippen MR) is 63.6 cm³/mol. The molecule has 1 N–H and O–H groups in total. The van der Waals surface area contributed by atoms with E-state index in [9.17, 15) is 14.7 Å². The molecule has 0 aliphatic heterocycles. The molecule has 0 unspecified atom stereocenters. The molecule has 18 heavy (non-hydrogen) atoms. The summed E-state index contributed by atoms with van der Waals surface area (Å²) in [5.41, 5.74) is 1.61. The Morgan fingerprint density at radius 3 is 2.28 bits per heavy atom. The molecule has 1 amide bonds. The van der Waals surface area contributed by atoms with Gasteiger partial charge in [0.05, 0.1) is 0 Å². The molecule has 1 aromatic carbocycles. The first kappa shape index (κ1) is 17.0. The van der Waals surface area contributed by atoms with Gasteiger partial charge in [-0.05, 0) is 24.3 Å². The average Bonchev–Trinajstić information content (AvgIpc) is 2.26. The largest absolute Gasteiger partial charge is 1.00 e. The number of carbonyl (C=O) groups is 2. The third kappa shape index (κ3) is 6.05. The summed E-state index contributed by atoms with van der Waals surface area (Å²) in [4.78, 5) is 23.0. The van der Waals surface area contributed by atoms with Crippen LogP contribution in [-0.4, -0.2) is 25.5 Å². The molecule has 1 aromatic rings. The van der Waals surface area contributed by atoms with E-state index >= 15 is 0 Å². The number of rotatable bonds is 5. The van der Waals surface area contributed by atoms with Crippen LogP contribution in [0.15, 0.2) is 24.3 Å².